The smallest absolute Gasteiger partial charge is 0.188 e. The van der Waals surface area contributed by atoms with Crippen molar-refractivity contribution < 1.29 is 8.78 Å². The minimum absolute atomic E-state index is 0.229. The average Bonchev–Trinajstić information content (AvgIpc) is 2.40. The summed E-state index contributed by atoms with van der Waals surface area (Å²) < 4.78 is 26.7. The van der Waals surface area contributed by atoms with Gasteiger partial charge in [-0.2, -0.15) is 0 Å². The van der Waals surface area contributed by atoms with Gasteiger partial charge in [0.2, 0.25) is 0 Å². The Morgan fingerprint density at radius 3 is 2.26 bits per heavy atom. The van der Waals surface area contributed by atoms with Crippen LogP contribution in [-0.2, 0) is 0 Å². The first-order chi connectivity index (χ1) is 9.13. The molecule has 3 aromatic rings. The summed E-state index contributed by atoms with van der Waals surface area (Å²) >= 11 is 1.38. The van der Waals surface area contributed by atoms with Crippen molar-refractivity contribution in [3.8, 4) is 10.4 Å². The number of hydrogen-bond donors (Lipinski definition) is 0. The van der Waals surface area contributed by atoms with Crippen LogP contribution < -0.4 is 5.43 Å². The highest BCUT2D eigenvalue weighted by molar-refractivity contribution is 7.21. The fraction of sp³-hybridized carbons (Fsp3) is 0. The van der Waals surface area contributed by atoms with E-state index in [4.69, 9.17) is 0 Å². The second-order valence-corrected chi connectivity index (χ2v) is 5.21. The lowest BCUT2D eigenvalue weighted by Crippen LogP contribution is -1.99. The zero-order valence-corrected chi connectivity index (χ0v) is 10.5. The molecule has 19 heavy (non-hydrogen) atoms. The second-order valence-electron chi connectivity index (χ2n) is 4.12. The Morgan fingerprint density at radius 2 is 1.53 bits per heavy atom. The monoisotopic (exact) mass is 274 g/mol. The Kier molecular flexibility index (Phi) is 2.87. The predicted octanol–water partition coefficient (Wildman–Crippen LogP) is 4.21. The minimum atomic E-state index is -0.425. The number of benzene rings is 2. The van der Waals surface area contributed by atoms with Gasteiger partial charge in [0.15, 0.2) is 5.43 Å². The van der Waals surface area contributed by atoms with Gasteiger partial charge in [0.25, 0.3) is 0 Å². The molecule has 0 saturated heterocycles. The summed E-state index contributed by atoms with van der Waals surface area (Å²) in [5.74, 6) is -0.745. The van der Waals surface area contributed by atoms with Gasteiger partial charge in [-0.05, 0) is 35.9 Å². The SMILES string of the molecule is O=c1cc(-c2ccc(F)cc2)sc2ccc(F)cc12. The van der Waals surface area contributed by atoms with Crippen LogP contribution in [0.15, 0.2) is 53.3 Å². The molecule has 0 atom stereocenters. The van der Waals surface area contributed by atoms with Crippen LogP contribution in [0.2, 0.25) is 0 Å². The van der Waals surface area contributed by atoms with Gasteiger partial charge in [0.1, 0.15) is 11.6 Å². The largest absolute Gasteiger partial charge is 0.289 e. The maximum absolute atomic E-state index is 13.1. The van der Waals surface area contributed by atoms with Crippen molar-refractivity contribution in [3.63, 3.8) is 0 Å². The number of fused-ring (bicyclic) bond motifs is 1. The van der Waals surface area contributed by atoms with Crippen LogP contribution in [0.3, 0.4) is 0 Å². The molecule has 0 fully saturated rings. The first-order valence-electron chi connectivity index (χ1n) is 5.63. The Hall–Kier alpha value is -2.07. The van der Waals surface area contributed by atoms with Gasteiger partial charge in [-0.25, -0.2) is 8.78 Å². The van der Waals surface area contributed by atoms with Crippen LogP contribution in [0, 0.1) is 11.6 Å². The van der Waals surface area contributed by atoms with E-state index < -0.39 is 5.82 Å². The van der Waals surface area contributed by atoms with E-state index in [1.807, 2.05) is 0 Å². The van der Waals surface area contributed by atoms with Gasteiger partial charge in [0.05, 0.1) is 0 Å². The fourth-order valence-electron chi connectivity index (χ4n) is 1.88. The van der Waals surface area contributed by atoms with Crippen LogP contribution >= 0.6 is 11.3 Å². The Labute approximate surface area is 111 Å². The Morgan fingerprint density at radius 1 is 0.842 bits per heavy atom. The van der Waals surface area contributed by atoms with Gasteiger partial charge >= 0.3 is 0 Å². The van der Waals surface area contributed by atoms with Crippen LogP contribution in [0.1, 0.15) is 0 Å². The standard InChI is InChI=1S/C15H8F2OS/c16-10-3-1-9(2-4-10)15-8-13(18)12-7-11(17)5-6-14(12)19-15/h1-8H. The Bertz CT molecular complexity index is 806. The molecule has 1 heterocycles. The fourth-order valence-corrected chi connectivity index (χ4v) is 2.95. The van der Waals surface area contributed by atoms with Crippen molar-refractivity contribution in [2.45, 2.75) is 0 Å². The molecule has 0 N–H and O–H groups in total. The maximum atomic E-state index is 13.1. The van der Waals surface area contributed by atoms with E-state index in [-0.39, 0.29) is 11.2 Å². The van der Waals surface area contributed by atoms with Crippen LogP contribution in [0.5, 0.6) is 0 Å². The molecule has 2 aromatic carbocycles. The maximum Gasteiger partial charge on any atom is 0.188 e. The van der Waals surface area contributed by atoms with Gasteiger partial charge < -0.3 is 0 Å². The topological polar surface area (TPSA) is 17.1 Å². The third-order valence-electron chi connectivity index (χ3n) is 2.82. The summed E-state index contributed by atoms with van der Waals surface area (Å²) in [6.07, 6.45) is 0. The normalized spacial score (nSPS) is 10.8. The van der Waals surface area contributed by atoms with E-state index in [0.717, 1.165) is 10.4 Å². The highest BCUT2D eigenvalue weighted by atomic mass is 32.1. The van der Waals surface area contributed by atoms with Crippen molar-refractivity contribution >= 4 is 21.4 Å². The summed E-state index contributed by atoms with van der Waals surface area (Å²) in [4.78, 5) is 12.7. The molecule has 4 heteroatoms. The molecule has 0 aliphatic carbocycles. The molecule has 3 rings (SSSR count). The minimum Gasteiger partial charge on any atom is -0.289 e. The summed E-state index contributed by atoms with van der Waals surface area (Å²) in [6.45, 7) is 0. The first kappa shape index (κ1) is 12.0. The van der Waals surface area contributed by atoms with Crippen molar-refractivity contribution in [3.05, 3.63) is 70.4 Å². The molecule has 94 valence electrons. The highest BCUT2D eigenvalue weighted by Crippen LogP contribution is 2.28. The number of halogens is 2. The molecule has 0 radical (unpaired) electrons. The predicted molar refractivity (Wildman–Crippen MR) is 73.4 cm³/mol. The molecule has 0 amide bonds. The molecule has 0 aliphatic rings. The molecule has 0 unspecified atom stereocenters. The molecule has 0 saturated carbocycles. The van der Waals surface area contributed by atoms with Crippen molar-refractivity contribution in [2.24, 2.45) is 0 Å². The summed E-state index contributed by atoms with van der Waals surface area (Å²) in [6, 6.07) is 11.5. The molecule has 1 aromatic heterocycles. The third-order valence-corrected chi connectivity index (χ3v) is 3.97. The number of hydrogen-bond acceptors (Lipinski definition) is 2. The molecular formula is C15H8F2OS. The molecule has 0 spiro atoms. The quantitative estimate of drug-likeness (QED) is 0.649. The third kappa shape index (κ3) is 2.27. The van der Waals surface area contributed by atoms with Crippen molar-refractivity contribution in [2.75, 3.05) is 0 Å². The molecule has 0 bridgehead atoms. The van der Waals surface area contributed by atoms with E-state index in [9.17, 15) is 13.6 Å². The van der Waals surface area contributed by atoms with E-state index in [2.05, 4.69) is 0 Å². The summed E-state index contributed by atoms with van der Waals surface area (Å²) in [7, 11) is 0. The second kappa shape index (κ2) is 4.55. The lowest BCUT2D eigenvalue weighted by Gasteiger charge is -2.03. The lowest BCUT2D eigenvalue weighted by molar-refractivity contribution is 0.628. The van der Waals surface area contributed by atoms with Gasteiger partial charge in [-0.1, -0.05) is 12.1 Å². The van der Waals surface area contributed by atoms with Gasteiger partial charge in [0, 0.05) is 21.0 Å². The highest BCUT2D eigenvalue weighted by Gasteiger charge is 2.06. The zero-order chi connectivity index (χ0) is 13.4. The van der Waals surface area contributed by atoms with Crippen LogP contribution in [-0.4, -0.2) is 0 Å². The summed E-state index contributed by atoms with van der Waals surface area (Å²) in [5, 5.41) is 0.371. The zero-order valence-electron chi connectivity index (χ0n) is 9.69. The van der Waals surface area contributed by atoms with Crippen molar-refractivity contribution in [1.29, 1.82) is 0 Å². The van der Waals surface area contributed by atoms with E-state index in [1.54, 1.807) is 18.2 Å². The van der Waals surface area contributed by atoms with E-state index >= 15 is 0 Å². The van der Waals surface area contributed by atoms with Gasteiger partial charge in [-0.3, -0.25) is 4.79 Å². The Balaban J connectivity index is 2.24. The van der Waals surface area contributed by atoms with Crippen molar-refractivity contribution in [1.82, 2.24) is 0 Å². The first-order valence-corrected chi connectivity index (χ1v) is 6.44. The summed E-state index contributed by atoms with van der Waals surface area (Å²) in [5.41, 5.74) is 0.544. The lowest BCUT2D eigenvalue weighted by atomic mass is 10.1. The van der Waals surface area contributed by atoms with Gasteiger partial charge in [-0.15, -0.1) is 11.3 Å². The average molecular weight is 274 g/mol. The van der Waals surface area contributed by atoms with E-state index in [0.29, 0.717) is 10.1 Å². The molecular weight excluding hydrogens is 266 g/mol. The van der Waals surface area contributed by atoms with Crippen LogP contribution in [0.25, 0.3) is 20.5 Å². The van der Waals surface area contributed by atoms with E-state index in [1.165, 1.54) is 41.7 Å². The number of rotatable bonds is 1. The molecule has 1 nitrogen and oxygen atoms in total. The van der Waals surface area contributed by atoms with Crippen LogP contribution in [0.4, 0.5) is 8.78 Å². The molecule has 0 aliphatic heterocycles.